The van der Waals surface area contributed by atoms with Crippen LogP contribution in [0.25, 0.3) is 0 Å². The molecule has 1 N–H and O–H groups in total. The van der Waals surface area contributed by atoms with Crippen LogP contribution in [0.2, 0.25) is 0 Å². The van der Waals surface area contributed by atoms with Gasteiger partial charge in [-0.3, -0.25) is 4.79 Å². The number of allylic oxidation sites excluding steroid dienone is 2. The SMILES string of the molecule is C=C(C)N(CC(=O)O)C(=C)C. The molecule has 0 radical (unpaired) electrons. The molecule has 0 bridgehead atoms. The van der Waals surface area contributed by atoms with Gasteiger partial charge in [0.25, 0.3) is 0 Å². The molecule has 0 aromatic carbocycles. The van der Waals surface area contributed by atoms with Crippen LogP contribution in [-0.4, -0.2) is 22.5 Å². The summed E-state index contributed by atoms with van der Waals surface area (Å²) >= 11 is 0. The molecule has 3 nitrogen and oxygen atoms in total. The summed E-state index contributed by atoms with van der Waals surface area (Å²) in [7, 11) is 0. The Bertz CT molecular complexity index is 182. The van der Waals surface area contributed by atoms with Gasteiger partial charge < -0.3 is 10.0 Å². The molecule has 0 aromatic heterocycles. The molecule has 0 spiro atoms. The van der Waals surface area contributed by atoms with Gasteiger partial charge in [0, 0.05) is 11.4 Å². The Balaban J connectivity index is 4.23. The second-order valence-corrected chi connectivity index (χ2v) is 2.45. The third kappa shape index (κ3) is 3.45. The zero-order valence-electron chi connectivity index (χ0n) is 6.92. The highest BCUT2D eigenvalue weighted by atomic mass is 16.4. The van der Waals surface area contributed by atoms with Crippen molar-refractivity contribution >= 4 is 5.97 Å². The summed E-state index contributed by atoms with van der Waals surface area (Å²) < 4.78 is 0. The first-order valence-corrected chi connectivity index (χ1v) is 3.25. The summed E-state index contributed by atoms with van der Waals surface area (Å²) in [6, 6.07) is 0. The summed E-state index contributed by atoms with van der Waals surface area (Å²) in [4.78, 5) is 11.8. The minimum Gasteiger partial charge on any atom is -0.480 e. The number of hydrogen-bond donors (Lipinski definition) is 1. The Morgan fingerprint density at radius 2 is 1.73 bits per heavy atom. The molecule has 0 aliphatic carbocycles. The van der Waals surface area contributed by atoms with E-state index in [1.807, 2.05) is 0 Å². The second kappa shape index (κ2) is 3.81. The summed E-state index contributed by atoms with van der Waals surface area (Å²) in [5, 5.41) is 8.46. The molecule has 3 heteroatoms. The molecular weight excluding hydrogens is 142 g/mol. The van der Waals surface area contributed by atoms with Crippen LogP contribution in [0.1, 0.15) is 13.8 Å². The minimum absolute atomic E-state index is 0.0648. The van der Waals surface area contributed by atoms with Crippen molar-refractivity contribution in [2.45, 2.75) is 13.8 Å². The van der Waals surface area contributed by atoms with Gasteiger partial charge in [0.1, 0.15) is 6.54 Å². The van der Waals surface area contributed by atoms with E-state index in [9.17, 15) is 4.79 Å². The van der Waals surface area contributed by atoms with Crippen LogP contribution in [0, 0.1) is 0 Å². The normalized spacial score (nSPS) is 8.91. The first kappa shape index (κ1) is 9.75. The number of nitrogens with zero attached hydrogens (tertiary/aromatic N) is 1. The zero-order chi connectivity index (χ0) is 9.02. The fraction of sp³-hybridized carbons (Fsp3) is 0.375. The Hall–Kier alpha value is -1.25. The van der Waals surface area contributed by atoms with Crippen LogP contribution >= 0.6 is 0 Å². The number of rotatable bonds is 4. The fourth-order valence-corrected chi connectivity index (χ4v) is 0.731. The van der Waals surface area contributed by atoms with E-state index in [0.717, 1.165) is 0 Å². The Morgan fingerprint density at radius 3 is 1.82 bits per heavy atom. The van der Waals surface area contributed by atoms with Gasteiger partial charge >= 0.3 is 5.97 Å². The molecule has 0 atom stereocenters. The Labute approximate surface area is 66.6 Å². The first-order valence-electron chi connectivity index (χ1n) is 3.25. The van der Waals surface area contributed by atoms with Gasteiger partial charge in [-0.15, -0.1) is 0 Å². The molecule has 0 aliphatic rings. The molecule has 0 aliphatic heterocycles. The van der Waals surface area contributed by atoms with E-state index in [0.29, 0.717) is 11.4 Å². The van der Waals surface area contributed by atoms with Crippen molar-refractivity contribution in [2.24, 2.45) is 0 Å². The van der Waals surface area contributed by atoms with E-state index in [4.69, 9.17) is 5.11 Å². The summed E-state index contributed by atoms with van der Waals surface area (Å²) in [5.41, 5.74) is 1.39. The minimum atomic E-state index is -0.879. The highest BCUT2D eigenvalue weighted by molar-refractivity contribution is 5.69. The maximum atomic E-state index is 10.3. The van der Waals surface area contributed by atoms with Crippen molar-refractivity contribution < 1.29 is 9.90 Å². The molecule has 0 amide bonds. The number of carboxylic acids is 1. The van der Waals surface area contributed by atoms with Crippen LogP contribution in [0.4, 0.5) is 0 Å². The zero-order valence-corrected chi connectivity index (χ0v) is 6.92. The lowest BCUT2D eigenvalue weighted by Gasteiger charge is -2.21. The monoisotopic (exact) mass is 155 g/mol. The highest BCUT2D eigenvalue weighted by Crippen LogP contribution is 2.07. The van der Waals surface area contributed by atoms with Gasteiger partial charge in [-0.2, -0.15) is 0 Å². The smallest absolute Gasteiger partial charge is 0.323 e. The first-order chi connectivity index (χ1) is 4.95. The van der Waals surface area contributed by atoms with Gasteiger partial charge in [-0.05, 0) is 13.8 Å². The average molecular weight is 155 g/mol. The van der Waals surface area contributed by atoms with Crippen LogP contribution in [0.15, 0.2) is 24.6 Å². The average Bonchev–Trinajstić information content (AvgIpc) is 1.81. The van der Waals surface area contributed by atoms with Gasteiger partial charge in [0.05, 0.1) is 0 Å². The van der Waals surface area contributed by atoms with Crippen LogP contribution in [0.5, 0.6) is 0 Å². The summed E-state index contributed by atoms with van der Waals surface area (Å²) in [5.74, 6) is -0.879. The quantitative estimate of drug-likeness (QED) is 0.667. The van der Waals surface area contributed by atoms with E-state index in [1.165, 1.54) is 0 Å². The van der Waals surface area contributed by atoms with Gasteiger partial charge in [-0.25, -0.2) is 0 Å². The second-order valence-electron chi connectivity index (χ2n) is 2.45. The molecule has 0 saturated heterocycles. The van der Waals surface area contributed by atoms with E-state index in [2.05, 4.69) is 13.2 Å². The lowest BCUT2D eigenvalue weighted by Crippen LogP contribution is -2.25. The fourth-order valence-electron chi connectivity index (χ4n) is 0.731. The summed E-state index contributed by atoms with van der Waals surface area (Å²) in [6.45, 7) is 10.7. The van der Waals surface area contributed by atoms with E-state index in [-0.39, 0.29) is 6.54 Å². The van der Waals surface area contributed by atoms with Crippen molar-refractivity contribution in [1.82, 2.24) is 4.90 Å². The maximum absolute atomic E-state index is 10.3. The third-order valence-corrected chi connectivity index (χ3v) is 1.21. The molecule has 0 heterocycles. The van der Waals surface area contributed by atoms with Crippen molar-refractivity contribution in [2.75, 3.05) is 6.54 Å². The van der Waals surface area contributed by atoms with Gasteiger partial charge in [0.15, 0.2) is 0 Å². The van der Waals surface area contributed by atoms with E-state index >= 15 is 0 Å². The third-order valence-electron chi connectivity index (χ3n) is 1.21. The highest BCUT2D eigenvalue weighted by Gasteiger charge is 2.08. The van der Waals surface area contributed by atoms with Crippen molar-refractivity contribution in [3.63, 3.8) is 0 Å². The lowest BCUT2D eigenvalue weighted by atomic mass is 10.3. The Morgan fingerprint density at radius 1 is 1.36 bits per heavy atom. The van der Waals surface area contributed by atoms with Crippen LogP contribution in [0.3, 0.4) is 0 Å². The predicted molar refractivity (Wildman–Crippen MR) is 44.0 cm³/mol. The Kier molecular flexibility index (Phi) is 3.37. The van der Waals surface area contributed by atoms with Crippen LogP contribution in [-0.2, 0) is 4.79 Å². The van der Waals surface area contributed by atoms with Gasteiger partial charge in [0.2, 0.25) is 0 Å². The summed E-state index contributed by atoms with van der Waals surface area (Å²) in [6.07, 6.45) is 0. The molecular formula is C8H13NO2. The predicted octanol–water partition coefficient (Wildman–Crippen LogP) is 1.44. The van der Waals surface area contributed by atoms with E-state index in [1.54, 1.807) is 18.7 Å². The molecule has 0 fully saturated rings. The number of hydrogen-bond acceptors (Lipinski definition) is 2. The molecule has 0 aromatic rings. The maximum Gasteiger partial charge on any atom is 0.323 e. The standard InChI is InChI=1S/C8H13NO2/c1-6(2)9(7(3)4)5-8(10)11/h1,3,5H2,2,4H3,(H,10,11). The van der Waals surface area contributed by atoms with Crippen molar-refractivity contribution in [3.05, 3.63) is 24.6 Å². The molecule has 0 unspecified atom stereocenters. The van der Waals surface area contributed by atoms with E-state index < -0.39 is 5.97 Å². The number of carbonyl (C=O) groups is 1. The van der Waals surface area contributed by atoms with Gasteiger partial charge in [-0.1, -0.05) is 13.2 Å². The van der Waals surface area contributed by atoms with Crippen molar-refractivity contribution in [1.29, 1.82) is 0 Å². The largest absolute Gasteiger partial charge is 0.480 e. The van der Waals surface area contributed by atoms with Crippen molar-refractivity contribution in [3.8, 4) is 0 Å². The molecule has 0 saturated carbocycles. The number of aliphatic carboxylic acids is 1. The van der Waals surface area contributed by atoms with Crippen LogP contribution < -0.4 is 0 Å². The molecule has 0 rings (SSSR count). The topological polar surface area (TPSA) is 40.5 Å². The molecule has 62 valence electrons. The lowest BCUT2D eigenvalue weighted by molar-refractivity contribution is -0.137. The number of carboxylic acid groups (broad SMARTS) is 1. The molecule has 11 heavy (non-hydrogen) atoms.